The molecule has 6 heteroatoms. The fourth-order valence-corrected chi connectivity index (χ4v) is 2.98. The number of hydrogen-bond donors (Lipinski definition) is 0. The number of nitro benzene ring substituents is 1. The molecule has 1 aromatic heterocycles. The molecule has 0 unspecified atom stereocenters. The van der Waals surface area contributed by atoms with Crippen LogP contribution in [0.4, 0.5) is 11.4 Å². The number of rotatable bonds is 4. The highest BCUT2D eigenvalue weighted by Crippen LogP contribution is 2.26. The van der Waals surface area contributed by atoms with E-state index in [1.165, 1.54) is 5.56 Å². The Balaban J connectivity index is 2.18. The third-order valence-electron chi connectivity index (χ3n) is 2.57. The van der Waals surface area contributed by atoms with Crippen LogP contribution in [-0.2, 0) is 6.54 Å². The Labute approximate surface area is 123 Å². The molecular weight excluding hydrogens is 363 g/mol. The molecule has 0 aliphatic carbocycles. The van der Waals surface area contributed by atoms with E-state index in [0.717, 1.165) is 12.2 Å². The second kappa shape index (κ2) is 5.66. The lowest BCUT2D eigenvalue weighted by atomic mass is 10.2. The van der Waals surface area contributed by atoms with Crippen molar-refractivity contribution in [1.82, 2.24) is 0 Å². The van der Waals surface area contributed by atoms with Crippen molar-refractivity contribution in [2.24, 2.45) is 0 Å². The molecule has 18 heavy (non-hydrogen) atoms. The largest absolute Gasteiger partial charge is 0.370 e. The average molecular weight is 374 g/mol. The topological polar surface area (TPSA) is 46.4 Å². The summed E-state index contributed by atoms with van der Waals surface area (Å²) < 4.78 is 0.660. The van der Waals surface area contributed by atoms with Gasteiger partial charge >= 0.3 is 0 Å². The van der Waals surface area contributed by atoms with Gasteiger partial charge < -0.3 is 4.90 Å². The molecule has 0 N–H and O–H groups in total. The van der Waals surface area contributed by atoms with Gasteiger partial charge in [0.15, 0.2) is 0 Å². The smallest absolute Gasteiger partial charge is 0.282 e. The molecule has 0 atom stereocenters. The Morgan fingerprint density at radius 3 is 2.78 bits per heavy atom. The summed E-state index contributed by atoms with van der Waals surface area (Å²) >= 11 is 3.67. The number of anilines is 1. The summed E-state index contributed by atoms with van der Waals surface area (Å²) in [7, 11) is 1.98. The summed E-state index contributed by atoms with van der Waals surface area (Å²) in [6.07, 6.45) is 0. The van der Waals surface area contributed by atoms with Crippen molar-refractivity contribution < 1.29 is 4.92 Å². The van der Waals surface area contributed by atoms with E-state index in [1.54, 1.807) is 23.5 Å². The molecule has 4 nitrogen and oxygen atoms in total. The van der Waals surface area contributed by atoms with Crippen molar-refractivity contribution in [3.63, 3.8) is 0 Å². The lowest BCUT2D eigenvalue weighted by Gasteiger charge is -2.18. The highest BCUT2D eigenvalue weighted by molar-refractivity contribution is 14.1. The van der Waals surface area contributed by atoms with E-state index in [4.69, 9.17) is 0 Å². The van der Waals surface area contributed by atoms with Crippen LogP contribution in [0.2, 0.25) is 0 Å². The van der Waals surface area contributed by atoms with Gasteiger partial charge in [-0.2, -0.15) is 11.3 Å². The molecule has 94 valence electrons. The first-order valence-corrected chi connectivity index (χ1v) is 7.26. The molecule has 2 rings (SSSR count). The van der Waals surface area contributed by atoms with Crippen LogP contribution in [0.5, 0.6) is 0 Å². The molecule has 0 amide bonds. The molecule has 0 radical (unpaired) electrons. The van der Waals surface area contributed by atoms with Crippen molar-refractivity contribution >= 4 is 45.3 Å². The van der Waals surface area contributed by atoms with Crippen LogP contribution in [-0.4, -0.2) is 12.0 Å². The van der Waals surface area contributed by atoms with Crippen LogP contribution in [0.15, 0.2) is 35.0 Å². The molecule has 0 saturated heterocycles. The van der Waals surface area contributed by atoms with Gasteiger partial charge in [0.05, 0.1) is 8.49 Å². The van der Waals surface area contributed by atoms with Crippen LogP contribution in [0.25, 0.3) is 0 Å². The summed E-state index contributed by atoms with van der Waals surface area (Å²) in [6.45, 7) is 0.803. The van der Waals surface area contributed by atoms with E-state index in [0.29, 0.717) is 3.57 Å². The summed E-state index contributed by atoms with van der Waals surface area (Å²) in [4.78, 5) is 12.5. The highest BCUT2D eigenvalue weighted by atomic mass is 127. The molecule has 1 heterocycles. The van der Waals surface area contributed by atoms with Crippen molar-refractivity contribution in [3.8, 4) is 0 Å². The minimum atomic E-state index is -0.357. The van der Waals surface area contributed by atoms with Gasteiger partial charge in [-0.05, 0) is 57.1 Å². The molecular formula is C12H11IN2O2S. The first-order valence-electron chi connectivity index (χ1n) is 5.24. The van der Waals surface area contributed by atoms with Gasteiger partial charge in [-0.3, -0.25) is 10.1 Å². The van der Waals surface area contributed by atoms with Gasteiger partial charge in [0.1, 0.15) is 0 Å². The summed E-state index contributed by atoms with van der Waals surface area (Å²) in [6, 6.07) is 7.26. The predicted octanol–water partition coefficient (Wildman–Crippen LogP) is 3.90. The maximum absolute atomic E-state index is 10.7. The van der Waals surface area contributed by atoms with Crippen LogP contribution in [0.1, 0.15) is 5.56 Å². The Morgan fingerprint density at radius 1 is 1.44 bits per heavy atom. The Kier molecular flexibility index (Phi) is 4.18. The van der Waals surface area contributed by atoms with Gasteiger partial charge in [0.25, 0.3) is 5.69 Å². The third kappa shape index (κ3) is 2.99. The van der Waals surface area contributed by atoms with Gasteiger partial charge in [-0.25, -0.2) is 0 Å². The van der Waals surface area contributed by atoms with Crippen molar-refractivity contribution in [2.45, 2.75) is 6.54 Å². The van der Waals surface area contributed by atoms with Crippen LogP contribution >= 0.6 is 33.9 Å². The monoisotopic (exact) mass is 374 g/mol. The van der Waals surface area contributed by atoms with Gasteiger partial charge in [-0.1, -0.05) is 0 Å². The van der Waals surface area contributed by atoms with E-state index in [9.17, 15) is 10.1 Å². The van der Waals surface area contributed by atoms with Crippen LogP contribution in [0.3, 0.4) is 0 Å². The molecule has 0 aliphatic rings. The Morgan fingerprint density at radius 2 is 2.22 bits per heavy atom. The minimum absolute atomic E-state index is 0.156. The summed E-state index contributed by atoms with van der Waals surface area (Å²) in [5.41, 5.74) is 2.38. The normalized spacial score (nSPS) is 10.3. The molecule has 0 bridgehead atoms. The van der Waals surface area contributed by atoms with Crippen molar-refractivity contribution in [3.05, 3.63) is 54.3 Å². The number of thiophene rings is 1. The number of benzene rings is 1. The van der Waals surface area contributed by atoms with E-state index in [2.05, 4.69) is 16.3 Å². The van der Waals surface area contributed by atoms with Crippen LogP contribution < -0.4 is 4.90 Å². The van der Waals surface area contributed by atoms with Crippen molar-refractivity contribution in [2.75, 3.05) is 11.9 Å². The third-order valence-corrected chi connectivity index (χ3v) is 4.16. The number of halogens is 1. The Bertz CT molecular complexity index is 557. The molecule has 1 aromatic carbocycles. The number of nitro groups is 1. The number of hydrogen-bond acceptors (Lipinski definition) is 4. The second-order valence-electron chi connectivity index (χ2n) is 3.88. The molecule has 0 aliphatic heterocycles. The molecule has 0 saturated carbocycles. The standard InChI is InChI=1S/C12H11IN2O2S/c1-14(7-9-4-5-18-8-9)10-2-3-12(15(16)17)11(13)6-10/h2-6,8H,7H2,1H3. The van der Waals surface area contributed by atoms with Gasteiger partial charge in [-0.15, -0.1) is 0 Å². The number of nitrogens with zero attached hydrogens (tertiary/aromatic N) is 2. The lowest BCUT2D eigenvalue weighted by Crippen LogP contribution is -2.16. The lowest BCUT2D eigenvalue weighted by molar-refractivity contribution is -0.385. The first kappa shape index (κ1) is 13.3. The minimum Gasteiger partial charge on any atom is -0.370 e. The zero-order chi connectivity index (χ0) is 13.1. The fraction of sp³-hybridized carbons (Fsp3) is 0.167. The summed E-state index contributed by atoms with van der Waals surface area (Å²) in [5.74, 6) is 0. The van der Waals surface area contributed by atoms with E-state index in [1.807, 2.05) is 41.1 Å². The maximum Gasteiger partial charge on any atom is 0.282 e. The predicted molar refractivity (Wildman–Crippen MR) is 82.2 cm³/mol. The van der Waals surface area contributed by atoms with Gasteiger partial charge in [0, 0.05) is 25.3 Å². The van der Waals surface area contributed by atoms with E-state index >= 15 is 0 Å². The summed E-state index contributed by atoms with van der Waals surface area (Å²) in [5, 5.41) is 14.9. The van der Waals surface area contributed by atoms with Gasteiger partial charge in [0.2, 0.25) is 0 Å². The van der Waals surface area contributed by atoms with E-state index < -0.39 is 0 Å². The average Bonchev–Trinajstić information content (AvgIpc) is 2.81. The molecule has 0 fully saturated rings. The zero-order valence-electron chi connectivity index (χ0n) is 9.67. The molecule has 0 spiro atoms. The zero-order valence-corrected chi connectivity index (χ0v) is 12.6. The maximum atomic E-state index is 10.7. The SMILES string of the molecule is CN(Cc1ccsc1)c1ccc([N+](=O)[O-])c(I)c1. The first-order chi connectivity index (χ1) is 8.58. The highest BCUT2D eigenvalue weighted by Gasteiger charge is 2.13. The molecule has 2 aromatic rings. The van der Waals surface area contributed by atoms with Crippen LogP contribution in [0, 0.1) is 13.7 Å². The second-order valence-corrected chi connectivity index (χ2v) is 5.82. The van der Waals surface area contributed by atoms with Crippen molar-refractivity contribution in [1.29, 1.82) is 0 Å². The quantitative estimate of drug-likeness (QED) is 0.463. The fourth-order valence-electron chi connectivity index (χ4n) is 1.63. The van der Waals surface area contributed by atoms with E-state index in [-0.39, 0.29) is 10.6 Å². The Hall–Kier alpha value is -1.15.